The molecule has 30 heavy (non-hydrogen) atoms. The van der Waals surface area contributed by atoms with Crippen LogP contribution in [-0.4, -0.2) is 16.7 Å². The normalized spacial score (nSPS) is 11.7. The van der Waals surface area contributed by atoms with Gasteiger partial charge in [0, 0.05) is 29.8 Å². The molecule has 0 unspecified atom stereocenters. The second kappa shape index (κ2) is 8.13. The van der Waals surface area contributed by atoms with Crippen molar-refractivity contribution in [1.29, 1.82) is 0 Å². The van der Waals surface area contributed by atoms with E-state index in [2.05, 4.69) is 10.6 Å². The Bertz CT molecular complexity index is 1010. The van der Waals surface area contributed by atoms with Gasteiger partial charge < -0.3 is 10.6 Å². The molecule has 2 aromatic rings. The number of halogens is 3. The number of carbonyl (C=O) groups is 2. The molecule has 160 valence electrons. The summed E-state index contributed by atoms with van der Waals surface area (Å²) in [4.78, 5) is 34.4. The van der Waals surface area contributed by atoms with Crippen LogP contribution in [0.25, 0.3) is 0 Å². The SMILES string of the molecule is CC(=O)Nc1ccc(NC(=O)c2ccc(C(C)(C)C)c([N+](=O)[O-])c2)c(C(F)(F)F)c1. The zero-order chi connectivity index (χ0) is 22.9. The molecule has 0 atom stereocenters. The van der Waals surface area contributed by atoms with E-state index >= 15 is 0 Å². The van der Waals surface area contributed by atoms with Crippen LogP contribution >= 0.6 is 0 Å². The van der Waals surface area contributed by atoms with Gasteiger partial charge in [0.1, 0.15) is 0 Å². The van der Waals surface area contributed by atoms with Crippen LogP contribution < -0.4 is 10.6 Å². The number of anilines is 2. The number of hydrogen-bond acceptors (Lipinski definition) is 4. The van der Waals surface area contributed by atoms with E-state index in [0.29, 0.717) is 11.6 Å². The van der Waals surface area contributed by atoms with E-state index in [1.54, 1.807) is 20.8 Å². The number of nitro benzene ring substituents is 1. The quantitative estimate of drug-likeness (QED) is 0.526. The first-order valence-corrected chi connectivity index (χ1v) is 8.79. The van der Waals surface area contributed by atoms with Crippen molar-refractivity contribution < 1.29 is 27.7 Å². The van der Waals surface area contributed by atoms with Crippen LogP contribution in [0, 0.1) is 10.1 Å². The van der Waals surface area contributed by atoms with E-state index in [0.717, 1.165) is 19.1 Å². The molecule has 0 bridgehead atoms. The van der Waals surface area contributed by atoms with E-state index in [4.69, 9.17) is 0 Å². The van der Waals surface area contributed by atoms with E-state index < -0.39 is 39.6 Å². The smallest absolute Gasteiger partial charge is 0.326 e. The third kappa shape index (κ3) is 5.34. The van der Waals surface area contributed by atoms with Crippen LogP contribution in [0.5, 0.6) is 0 Å². The molecule has 0 spiro atoms. The highest BCUT2D eigenvalue weighted by molar-refractivity contribution is 6.05. The summed E-state index contributed by atoms with van der Waals surface area (Å²) in [6, 6.07) is 6.68. The highest BCUT2D eigenvalue weighted by Crippen LogP contribution is 2.37. The molecule has 0 aromatic heterocycles. The van der Waals surface area contributed by atoms with Gasteiger partial charge in [-0.2, -0.15) is 13.2 Å². The Morgan fingerprint density at radius 2 is 1.60 bits per heavy atom. The van der Waals surface area contributed by atoms with Crippen molar-refractivity contribution in [1.82, 2.24) is 0 Å². The summed E-state index contributed by atoms with van der Waals surface area (Å²) in [5.74, 6) is -1.48. The molecular weight excluding hydrogens is 403 g/mol. The van der Waals surface area contributed by atoms with Crippen molar-refractivity contribution in [2.75, 3.05) is 10.6 Å². The molecule has 0 heterocycles. The Hall–Kier alpha value is -3.43. The van der Waals surface area contributed by atoms with Crippen molar-refractivity contribution >= 4 is 28.9 Å². The number of rotatable bonds is 4. The summed E-state index contributed by atoms with van der Waals surface area (Å²) in [6.07, 6.45) is -4.81. The molecule has 0 aliphatic carbocycles. The summed E-state index contributed by atoms with van der Waals surface area (Å²) in [6.45, 7) is 6.45. The van der Waals surface area contributed by atoms with Crippen LogP contribution in [0.2, 0.25) is 0 Å². The van der Waals surface area contributed by atoms with Crippen molar-refractivity contribution in [2.24, 2.45) is 0 Å². The Morgan fingerprint density at radius 1 is 0.967 bits per heavy atom. The first-order valence-electron chi connectivity index (χ1n) is 8.79. The van der Waals surface area contributed by atoms with Gasteiger partial charge in [0.25, 0.3) is 11.6 Å². The minimum absolute atomic E-state index is 0.0852. The standard InChI is InChI=1S/C20H20F3N3O4/c1-11(27)24-13-6-8-16(15(10-13)20(21,22)23)25-18(28)12-5-7-14(19(2,3)4)17(9-12)26(29)30/h5-10H,1-4H3,(H,24,27)(H,25,28). The first kappa shape index (κ1) is 22.9. The molecule has 0 aliphatic heterocycles. The largest absolute Gasteiger partial charge is 0.418 e. The van der Waals surface area contributed by atoms with Crippen LogP contribution in [0.3, 0.4) is 0 Å². The van der Waals surface area contributed by atoms with E-state index in [1.807, 2.05) is 0 Å². The Balaban J connectivity index is 2.43. The average Bonchev–Trinajstić information content (AvgIpc) is 2.60. The number of hydrogen-bond donors (Lipinski definition) is 2. The minimum atomic E-state index is -4.81. The van der Waals surface area contributed by atoms with Gasteiger partial charge >= 0.3 is 6.18 Å². The number of nitrogens with one attached hydrogen (secondary N) is 2. The Labute approximate surface area is 170 Å². The fourth-order valence-electron chi connectivity index (χ4n) is 2.82. The zero-order valence-corrected chi connectivity index (χ0v) is 16.7. The van der Waals surface area contributed by atoms with Crippen LogP contribution in [0.4, 0.5) is 30.2 Å². The number of amides is 2. The molecule has 0 saturated carbocycles. The van der Waals surface area contributed by atoms with Crippen molar-refractivity contribution in [3.63, 3.8) is 0 Å². The molecule has 0 aliphatic rings. The summed E-state index contributed by atoms with van der Waals surface area (Å²) >= 11 is 0. The van der Waals surface area contributed by atoms with Crippen molar-refractivity contribution in [3.05, 3.63) is 63.2 Å². The fourth-order valence-corrected chi connectivity index (χ4v) is 2.82. The molecule has 2 rings (SSSR count). The lowest BCUT2D eigenvalue weighted by molar-refractivity contribution is -0.386. The molecule has 2 N–H and O–H groups in total. The van der Waals surface area contributed by atoms with Gasteiger partial charge in [-0.15, -0.1) is 0 Å². The average molecular weight is 423 g/mol. The van der Waals surface area contributed by atoms with Gasteiger partial charge in [-0.3, -0.25) is 19.7 Å². The molecule has 2 aromatic carbocycles. The number of alkyl halides is 3. The monoisotopic (exact) mass is 423 g/mol. The topological polar surface area (TPSA) is 101 Å². The number of nitro groups is 1. The predicted molar refractivity (Wildman–Crippen MR) is 105 cm³/mol. The molecule has 0 radical (unpaired) electrons. The molecule has 0 fully saturated rings. The molecule has 7 nitrogen and oxygen atoms in total. The van der Waals surface area contributed by atoms with E-state index in [1.165, 1.54) is 18.2 Å². The minimum Gasteiger partial charge on any atom is -0.326 e. The molecular formula is C20H20F3N3O4. The van der Waals surface area contributed by atoms with Gasteiger partial charge in [-0.1, -0.05) is 26.8 Å². The number of carbonyl (C=O) groups excluding carboxylic acids is 2. The maximum atomic E-state index is 13.4. The maximum absolute atomic E-state index is 13.4. The summed E-state index contributed by atoms with van der Waals surface area (Å²) in [5, 5.41) is 15.8. The van der Waals surface area contributed by atoms with E-state index in [-0.39, 0.29) is 16.9 Å². The van der Waals surface area contributed by atoms with Gasteiger partial charge in [-0.25, -0.2) is 0 Å². The second-order valence-electron chi connectivity index (χ2n) is 7.63. The first-order chi connectivity index (χ1) is 13.7. The summed E-state index contributed by atoms with van der Waals surface area (Å²) in [5.41, 5.74) is -2.42. The van der Waals surface area contributed by atoms with Gasteiger partial charge in [0.05, 0.1) is 16.2 Å². The third-order valence-corrected chi connectivity index (χ3v) is 4.16. The number of nitrogens with zero attached hydrogens (tertiary/aromatic N) is 1. The van der Waals surface area contributed by atoms with E-state index in [9.17, 15) is 32.9 Å². The molecule has 0 saturated heterocycles. The molecule has 10 heteroatoms. The zero-order valence-electron chi connectivity index (χ0n) is 16.7. The maximum Gasteiger partial charge on any atom is 0.418 e. The third-order valence-electron chi connectivity index (χ3n) is 4.16. The van der Waals surface area contributed by atoms with Gasteiger partial charge in [0.15, 0.2) is 0 Å². The Kier molecular flexibility index (Phi) is 6.19. The highest BCUT2D eigenvalue weighted by atomic mass is 19.4. The number of benzene rings is 2. The summed E-state index contributed by atoms with van der Waals surface area (Å²) in [7, 11) is 0. The van der Waals surface area contributed by atoms with Crippen LogP contribution in [-0.2, 0) is 16.4 Å². The van der Waals surface area contributed by atoms with Crippen molar-refractivity contribution in [2.45, 2.75) is 39.3 Å². The van der Waals surface area contributed by atoms with Crippen LogP contribution in [0.15, 0.2) is 36.4 Å². The predicted octanol–water partition coefficient (Wildman–Crippen LogP) is 5.12. The molecule has 2 amide bonds. The van der Waals surface area contributed by atoms with Crippen LogP contribution in [0.1, 0.15) is 49.2 Å². The van der Waals surface area contributed by atoms with Crippen molar-refractivity contribution in [3.8, 4) is 0 Å². The fraction of sp³-hybridized carbons (Fsp3) is 0.300. The van der Waals surface area contributed by atoms with Gasteiger partial charge in [-0.05, 0) is 29.7 Å². The van der Waals surface area contributed by atoms with Gasteiger partial charge in [0.2, 0.25) is 5.91 Å². The highest BCUT2D eigenvalue weighted by Gasteiger charge is 2.35. The summed E-state index contributed by atoms with van der Waals surface area (Å²) < 4.78 is 40.3. The lowest BCUT2D eigenvalue weighted by Crippen LogP contribution is -2.19. The Morgan fingerprint density at radius 3 is 2.10 bits per heavy atom. The second-order valence-corrected chi connectivity index (χ2v) is 7.63. The lowest BCUT2D eigenvalue weighted by atomic mass is 9.85. The lowest BCUT2D eigenvalue weighted by Gasteiger charge is -2.19.